The molecule has 0 saturated heterocycles. The number of hydrogen-bond acceptors (Lipinski definition) is 6. The molecule has 3 heterocycles. The Morgan fingerprint density at radius 2 is 1.81 bits per heavy atom. The molecule has 0 unspecified atom stereocenters. The first-order chi connectivity index (χ1) is 14.7. The summed E-state index contributed by atoms with van der Waals surface area (Å²) < 4.78 is 54.0. The number of benzene rings is 1. The van der Waals surface area contributed by atoms with E-state index in [2.05, 4.69) is 15.0 Å². The standard InChI is InChI=1S/C20H15F4N5OS/c1-12-18(13-7-25-11-26-8-13)29-17(30)6-15(27-19(29)31-12)9-28(10-20(22,23)24)16-4-2-14(21)3-5-16/h2-8,11H,9-10H2,1H3. The van der Waals surface area contributed by atoms with E-state index in [9.17, 15) is 22.4 Å². The average Bonchev–Trinajstić information content (AvgIpc) is 3.04. The fourth-order valence-corrected chi connectivity index (χ4v) is 4.28. The van der Waals surface area contributed by atoms with Crippen LogP contribution in [-0.2, 0) is 6.54 Å². The van der Waals surface area contributed by atoms with Crippen molar-refractivity contribution in [2.45, 2.75) is 19.6 Å². The predicted molar refractivity (Wildman–Crippen MR) is 109 cm³/mol. The van der Waals surface area contributed by atoms with Gasteiger partial charge in [0.05, 0.1) is 17.9 Å². The lowest BCUT2D eigenvalue weighted by molar-refractivity contribution is -0.119. The molecule has 0 amide bonds. The van der Waals surface area contributed by atoms with Gasteiger partial charge in [0.25, 0.3) is 5.56 Å². The van der Waals surface area contributed by atoms with Gasteiger partial charge in [-0.05, 0) is 31.2 Å². The first-order valence-electron chi connectivity index (χ1n) is 9.06. The summed E-state index contributed by atoms with van der Waals surface area (Å²) in [6, 6.07) is 5.89. The Labute approximate surface area is 177 Å². The fourth-order valence-electron chi connectivity index (χ4n) is 3.26. The third-order valence-electron chi connectivity index (χ3n) is 4.49. The highest BCUT2D eigenvalue weighted by molar-refractivity contribution is 7.17. The third-order valence-corrected chi connectivity index (χ3v) is 5.45. The molecule has 0 aliphatic rings. The summed E-state index contributed by atoms with van der Waals surface area (Å²) in [6.07, 6.45) is 0.0215. The number of halogens is 4. The maximum absolute atomic E-state index is 13.2. The van der Waals surface area contributed by atoms with Crippen LogP contribution in [0.3, 0.4) is 0 Å². The van der Waals surface area contributed by atoms with Crippen molar-refractivity contribution < 1.29 is 17.6 Å². The number of aromatic nitrogens is 4. The van der Waals surface area contributed by atoms with Crippen LogP contribution in [0, 0.1) is 12.7 Å². The smallest absolute Gasteiger partial charge is 0.357 e. The minimum absolute atomic E-state index is 0.171. The maximum Gasteiger partial charge on any atom is 0.405 e. The molecule has 0 spiro atoms. The number of thiazole rings is 1. The fraction of sp³-hybridized carbons (Fsp3) is 0.200. The van der Waals surface area contributed by atoms with Gasteiger partial charge >= 0.3 is 6.18 Å². The lowest BCUT2D eigenvalue weighted by atomic mass is 10.2. The van der Waals surface area contributed by atoms with Crippen LogP contribution in [0.25, 0.3) is 16.2 Å². The van der Waals surface area contributed by atoms with Crippen LogP contribution in [0.1, 0.15) is 10.6 Å². The van der Waals surface area contributed by atoms with Crippen LogP contribution in [0.2, 0.25) is 0 Å². The van der Waals surface area contributed by atoms with Crippen molar-refractivity contribution in [2.24, 2.45) is 0 Å². The van der Waals surface area contributed by atoms with Gasteiger partial charge in [-0.15, -0.1) is 11.3 Å². The third kappa shape index (κ3) is 4.55. The van der Waals surface area contributed by atoms with E-state index in [1.54, 1.807) is 12.4 Å². The van der Waals surface area contributed by atoms with Crippen LogP contribution in [0.4, 0.5) is 23.2 Å². The van der Waals surface area contributed by atoms with Gasteiger partial charge in [-0.3, -0.25) is 9.20 Å². The van der Waals surface area contributed by atoms with Gasteiger partial charge in [0.15, 0.2) is 4.96 Å². The molecule has 0 aliphatic heterocycles. The summed E-state index contributed by atoms with van der Waals surface area (Å²) >= 11 is 1.25. The summed E-state index contributed by atoms with van der Waals surface area (Å²) in [7, 11) is 0. The predicted octanol–water partition coefficient (Wildman–Crippen LogP) is 4.23. The largest absolute Gasteiger partial charge is 0.405 e. The Morgan fingerprint density at radius 1 is 1.13 bits per heavy atom. The number of alkyl halides is 3. The Hall–Kier alpha value is -3.34. The van der Waals surface area contributed by atoms with Crippen molar-refractivity contribution in [3.8, 4) is 11.3 Å². The van der Waals surface area contributed by atoms with Crippen LogP contribution in [0.15, 0.2) is 53.8 Å². The zero-order chi connectivity index (χ0) is 22.2. The Bertz CT molecular complexity index is 1270. The highest BCUT2D eigenvalue weighted by Crippen LogP contribution is 2.29. The zero-order valence-electron chi connectivity index (χ0n) is 16.1. The van der Waals surface area contributed by atoms with Gasteiger partial charge in [-0.25, -0.2) is 19.3 Å². The molecule has 4 rings (SSSR count). The molecule has 0 atom stereocenters. The minimum atomic E-state index is -4.49. The molecular weight excluding hydrogens is 434 g/mol. The van der Waals surface area contributed by atoms with Crippen molar-refractivity contribution in [2.75, 3.05) is 11.4 Å². The van der Waals surface area contributed by atoms with Crippen molar-refractivity contribution in [3.63, 3.8) is 0 Å². The second-order valence-electron chi connectivity index (χ2n) is 6.79. The van der Waals surface area contributed by atoms with Crippen molar-refractivity contribution in [3.05, 3.63) is 75.8 Å². The van der Waals surface area contributed by atoms with Gasteiger partial charge in [0, 0.05) is 34.6 Å². The number of fused-ring (bicyclic) bond motifs is 1. The minimum Gasteiger partial charge on any atom is -0.357 e. The number of aryl methyl sites for hydroxylation is 1. The van der Waals surface area contributed by atoms with Gasteiger partial charge in [-0.1, -0.05) is 0 Å². The van der Waals surface area contributed by atoms with Gasteiger partial charge in [-0.2, -0.15) is 13.2 Å². The van der Waals surface area contributed by atoms with Gasteiger partial charge in [0.1, 0.15) is 18.7 Å². The molecule has 0 radical (unpaired) electrons. The molecule has 4 aromatic rings. The average molecular weight is 449 g/mol. The Kier molecular flexibility index (Phi) is 5.44. The van der Waals surface area contributed by atoms with Crippen molar-refractivity contribution in [1.29, 1.82) is 0 Å². The highest BCUT2D eigenvalue weighted by Gasteiger charge is 2.31. The quantitative estimate of drug-likeness (QED) is 0.427. The van der Waals surface area contributed by atoms with E-state index in [1.807, 2.05) is 6.92 Å². The molecule has 31 heavy (non-hydrogen) atoms. The monoisotopic (exact) mass is 449 g/mol. The molecule has 11 heteroatoms. The highest BCUT2D eigenvalue weighted by atomic mass is 32.1. The molecule has 6 nitrogen and oxygen atoms in total. The normalized spacial score (nSPS) is 11.8. The number of hydrogen-bond donors (Lipinski definition) is 0. The van der Waals surface area contributed by atoms with Crippen LogP contribution in [-0.4, -0.2) is 32.1 Å². The van der Waals surface area contributed by atoms with Crippen LogP contribution < -0.4 is 10.5 Å². The van der Waals surface area contributed by atoms with Crippen molar-refractivity contribution in [1.82, 2.24) is 19.4 Å². The van der Waals surface area contributed by atoms with E-state index in [1.165, 1.54) is 40.3 Å². The zero-order valence-corrected chi connectivity index (χ0v) is 16.9. The maximum atomic E-state index is 13.2. The van der Waals surface area contributed by atoms with E-state index < -0.39 is 24.1 Å². The summed E-state index contributed by atoms with van der Waals surface area (Å²) in [5.41, 5.74) is 1.15. The number of anilines is 1. The summed E-state index contributed by atoms with van der Waals surface area (Å²) in [6.45, 7) is 0.280. The lowest BCUT2D eigenvalue weighted by Gasteiger charge is -2.25. The summed E-state index contributed by atoms with van der Waals surface area (Å²) in [5.74, 6) is -0.556. The second kappa shape index (κ2) is 8.06. The molecule has 0 N–H and O–H groups in total. The van der Waals surface area contributed by atoms with E-state index in [0.717, 1.165) is 21.9 Å². The summed E-state index contributed by atoms with van der Waals surface area (Å²) in [4.78, 5) is 27.4. The lowest BCUT2D eigenvalue weighted by Crippen LogP contribution is -2.34. The number of rotatable bonds is 5. The molecular formula is C20H15F4N5OS. The van der Waals surface area contributed by atoms with E-state index >= 15 is 0 Å². The van der Waals surface area contributed by atoms with Crippen molar-refractivity contribution >= 4 is 22.0 Å². The van der Waals surface area contributed by atoms with Crippen LogP contribution >= 0.6 is 11.3 Å². The van der Waals surface area contributed by atoms with Gasteiger partial charge in [0.2, 0.25) is 0 Å². The number of nitrogens with zero attached hydrogens (tertiary/aromatic N) is 5. The molecule has 0 bridgehead atoms. The van der Waals surface area contributed by atoms with E-state index in [-0.39, 0.29) is 17.9 Å². The molecule has 0 saturated carbocycles. The Balaban J connectivity index is 1.75. The molecule has 160 valence electrons. The molecule has 1 aromatic carbocycles. The van der Waals surface area contributed by atoms with E-state index in [4.69, 9.17) is 0 Å². The molecule has 3 aromatic heterocycles. The molecule has 0 fully saturated rings. The Morgan fingerprint density at radius 3 is 2.45 bits per heavy atom. The second-order valence-corrected chi connectivity index (χ2v) is 7.97. The first-order valence-corrected chi connectivity index (χ1v) is 9.87. The van der Waals surface area contributed by atoms with Gasteiger partial charge < -0.3 is 4.90 Å². The SMILES string of the molecule is Cc1sc2nc(CN(CC(F)(F)F)c3ccc(F)cc3)cc(=O)n2c1-c1cncnc1. The van der Waals surface area contributed by atoms with Crippen LogP contribution in [0.5, 0.6) is 0 Å². The topological polar surface area (TPSA) is 63.4 Å². The molecule has 0 aliphatic carbocycles. The first kappa shape index (κ1) is 20.9. The summed E-state index contributed by atoms with van der Waals surface area (Å²) in [5, 5.41) is 0. The van der Waals surface area contributed by atoms with E-state index in [0.29, 0.717) is 16.2 Å².